The molecule has 168 valence electrons. The number of amides is 1. The maximum absolute atomic E-state index is 13.2. The summed E-state index contributed by atoms with van der Waals surface area (Å²) in [4.78, 5) is 31.8. The summed E-state index contributed by atoms with van der Waals surface area (Å²) in [6.45, 7) is 3.88. The van der Waals surface area contributed by atoms with Crippen molar-refractivity contribution in [1.29, 1.82) is 0 Å². The Morgan fingerprint density at radius 1 is 1.06 bits per heavy atom. The lowest BCUT2D eigenvalue weighted by Crippen LogP contribution is -2.29. The maximum Gasteiger partial charge on any atom is 0.295 e. The van der Waals surface area contributed by atoms with E-state index < -0.39 is 17.7 Å². The number of phenols is 1. The van der Waals surface area contributed by atoms with Crippen LogP contribution in [0, 0.1) is 13.8 Å². The van der Waals surface area contributed by atoms with Gasteiger partial charge in [-0.15, -0.1) is 0 Å². The lowest BCUT2D eigenvalue weighted by molar-refractivity contribution is -0.140. The van der Waals surface area contributed by atoms with Gasteiger partial charge in [-0.25, -0.2) is 0 Å². The summed E-state index contributed by atoms with van der Waals surface area (Å²) < 4.78 is 5.51. The zero-order valence-corrected chi connectivity index (χ0v) is 18.6. The lowest BCUT2D eigenvalue weighted by atomic mass is 9.93. The molecule has 2 heterocycles. The molecule has 33 heavy (non-hydrogen) atoms. The zero-order valence-electron chi connectivity index (χ0n) is 18.6. The molecule has 1 aliphatic rings. The third kappa shape index (κ3) is 4.05. The van der Waals surface area contributed by atoms with E-state index in [-0.39, 0.29) is 23.6 Å². The molecule has 0 bridgehead atoms. The predicted molar refractivity (Wildman–Crippen MR) is 123 cm³/mol. The smallest absolute Gasteiger partial charge is 0.295 e. The quantitative estimate of drug-likeness (QED) is 0.350. The van der Waals surface area contributed by atoms with E-state index in [4.69, 9.17) is 4.74 Å². The molecule has 1 unspecified atom stereocenters. The van der Waals surface area contributed by atoms with Gasteiger partial charge < -0.3 is 19.8 Å². The van der Waals surface area contributed by atoms with Crippen LogP contribution in [0.5, 0.6) is 11.5 Å². The fraction of sp³-hybridized carbons (Fsp3) is 0.192. The number of aliphatic hydroxyl groups excluding tert-OH is 1. The fourth-order valence-electron chi connectivity index (χ4n) is 4.28. The van der Waals surface area contributed by atoms with Crippen LogP contribution in [-0.4, -0.2) is 38.9 Å². The van der Waals surface area contributed by atoms with Gasteiger partial charge in [-0.3, -0.25) is 14.6 Å². The Balaban J connectivity index is 1.93. The van der Waals surface area contributed by atoms with E-state index in [2.05, 4.69) is 4.98 Å². The summed E-state index contributed by atoms with van der Waals surface area (Å²) in [6.07, 6.45) is 3.23. The minimum Gasteiger partial charge on any atom is -0.508 e. The molecule has 7 nitrogen and oxygen atoms in total. The number of carbonyl (C=O) groups is 2. The molecule has 1 aromatic heterocycles. The maximum atomic E-state index is 13.2. The Morgan fingerprint density at radius 2 is 1.73 bits per heavy atom. The number of carbonyl (C=O) groups excluding carboxylic acids is 2. The van der Waals surface area contributed by atoms with E-state index in [1.54, 1.807) is 42.7 Å². The Labute approximate surface area is 191 Å². The number of pyridine rings is 1. The van der Waals surface area contributed by atoms with Crippen LogP contribution in [-0.2, 0) is 16.1 Å². The molecular weight excluding hydrogens is 420 g/mol. The monoisotopic (exact) mass is 444 g/mol. The van der Waals surface area contributed by atoms with E-state index in [0.717, 1.165) is 16.7 Å². The molecule has 1 amide bonds. The van der Waals surface area contributed by atoms with E-state index >= 15 is 0 Å². The van der Waals surface area contributed by atoms with Crippen LogP contribution in [0.1, 0.15) is 33.9 Å². The molecule has 0 radical (unpaired) electrons. The third-order valence-electron chi connectivity index (χ3n) is 5.73. The topological polar surface area (TPSA) is 100.0 Å². The fourth-order valence-corrected chi connectivity index (χ4v) is 4.28. The van der Waals surface area contributed by atoms with Crippen molar-refractivity contribution in [2.75, 3.05) is 7.11 Å². The van der Waals surface area contributed by atoms with Gasteiger partial charge >= 0.3 is 0 Å². The van der Waals surface area contributed by atoms with Crippen molar-refractivity contribution in [2.24, 2.45) is 0 Å². The second-order valence-electron chi connectivity index (χ2n) is 8.04. The van der Waals surface area contributed by atoms with Gasteiger partial charge in [-0.1, -0.05) is 18.2 Å². The van der Waals surface area contributed by atoms with Gasteiger partial charge in [0, 0.05) is 18.9 Å². The molecule has 3 aromatic rings. The van der Waals surface area contributed by atoms with Gasteiger partial charge in [0.05, 0.1) is 24.3 Å². The van der Waals surface area contributed by atoms with Crippen LogP contribution in [0.2, 0.25) is 0 Å². The molecule has 0 spiro atoms. The molecule has 7 heteroatoms. The van der Waals surface area contributed by atoms with Gasteiger partial charge in [0.1, 0.15) is 17.3 Å². The van der Waals surface area contributed by atoms with Crippen molar-refractivity contribution in [2.45, 2.75) is 26.4 Å². The molecule has 2 aromatic carbocycles. The number of ether oxygens (including phenoxy) is 1. The van der Waals surface area contributed by atoms with Crippen LogP contribution in [0.25, 0.3) is 5.76 Å². The summed E-state index contributed by atoms with van der Waals surface area (Å²) in [5, 5.41) is 21.1. The van der Waals surface area contributed by atoms with E-state index in [9.17, 15) is 19.8 Å². The summed E-state index contributed by atoms with van der Waals surface area (Å²) >= 11 is 0. The summed E-state index contributed by atoms with van der Waals surface area (Å²) in [5.41, 5.74) is 3.38. The number of nitrogens with zero attached hydrogens (tertiary/aromatic N) is 2. The number of rotatable bonds is 5. The molecule has 1 aliphatic heterocycles. The Hall–Kier alpha value is -4.13. The number of benzene rings is 2. The number of hydrogen-bond acceptors (Lipinski definition) is 6. The largest absolute Gasteiger partial charge is 0.508 e. The van der Waals surface area contributed by atoms with E-state index in [0.29, 0.717) is 16.9 Å². The molecule has 1 fully saturated rings. The van der Waals surface area contributed by atoms with Crippen molar-refractivity contribution in [3.63, 3.8) is 0 Å². The minimum absolute atomic E-state index is 0.0250. The highest BCUT2D eigenvalue weighted by atomic mass is 16.5. The summed E-state index contributed by atoms with van der Waals surface area (Å²) in [5.74, 6) is -1.30. The SMILES string of the molecule is COc1c(C)cc(C)cc1/C(O)=C1\C(=O)C(=O)N(Cc2ccncc2)C1c1ccc(O)cc1. The molecule has 0 aliphatic carbocycles. The standard InChI is InChI=1S/C26H24N2O5/c1-15-12-16(2)25(33-3)20(13-15)23(30)21-22(18-4-6-19(29)7-5-18)28(26(32)24(21)31)14-17-8-10-27-11-9-17/h4-13,22,29-30H,14H2,1-3H3/b23-21+. The zero-order chi connectivity index (χ0) is 23.7. The average molecular weight is 444 g/mol. The molecular formula is C26H24N2O5. The van der Waals surface area contributed by atoms with E-state index in [1.807, 2.05) is 19.9 Å². The number of Topliss-reactive ketones (excluding diaryl/α,β-unsaturated/α-hetero) is 1. The first kappa shape index (κ1) is 22.1. The van der Waals surface area contributed by atoms with E-state index in [1.165, 1.54) is 24.1 Å². The second-order valence-corrected chi connectivity index (χ2v) is 8.04. The molecule has 0 saturated carbocycles. The summed E-state index contributed by atoms with van der Waals surface area (Å²) in [6, 6.07) is 12.6. The predicted octanol–water partition coefficient (Wildman–Crippen LogP) is 4.03. The third-order valence-corrected chi connectivity index (χ3v) is 5.73. The normalized spacial score (nSPS) is 17.4. The number of likely N-dealkylation sites (tertiary alicyclic amines) is 1. The first-order chi connectivity index (χ1) is 15.8. The number of aryl methyl sites for hydroxylation is 2. The number of aromatic nitrogens is 1. The number of phenolic OH excluding ortho intramolecular Hbond substituents is 1. The second kappa shape index (κ2) is 8.78. The van der Waals surface area contributed by atoms with Crippen molar-refractivity contribution in [3.05, 3.63) is 94.3 Å². The molecule has 1 saturated heterocycles. The molecule has 1 atom stereocenters. The van der Waals surface area contributed by atoms with Crippen LogP contribution >= 0.6 is 0 Å². The van der Waals surface area contributed by atoms with Crippen molar-refractivity contribution < 1.29 is 24.5 Å². The Kier molecular flexibility index (Phi) is 5.87. The average Bonchev–Trinajstić information content (AvgIpc) is 3.04. The molecule has 4 rings (SSSR count). The van der Waals surface area contributed by atoms with Gasteiger partial charge in [-0.2, -0.15) is 0 Å². The van der Waals surface area contributed by atoms with Crippen molar-refractivity contribution >= 4 is 17.4 Å². The lowest BCUT2D eigenvalue weighted by Gasteiger charge is -2.25. The first-order valence-electron chi connectivity index (χ1n) is 10.4. The minimum atomic E-state index is -0.843. The number of aliphatic hydroxyl groups is 1. The van der Waals surface area contributed by atoms with Gasteiger partial charge in [0.25, 0.3) is 11.7 Å². The van der Waals surface area contributed by atoms with Crippen molar-refractivity contribution in [3.8, 4) is 11.5 Å². The number of hydrogen-bond donors (Lipinski definition) is 2. The summed E-state index contributed by atoms with van der Waals surface area (Å²) in [7, 11) is 1.49. The van der Waals surface area contributed by atoms with Crippen LogP contribution in [0.15, 0.2) is 66.5 Å². The van der Waals surface area contributed by atoms with Crippen molar-refractivity contribution in [1.82, 2.24) is 9.88 Å². The van der Waals surface area contributed by atoms with Crippen LogP contribution < -0.4 is 4.74 Å². The highest BCUT2D eigenvalue weighted by molar-refractivity contribution is 6.46. The Bertz CT molecular complexity index is 1250. The Morgan fingerprint density at radius 3 is 2.36 bits per heavy atom. The highest BCUT2D eigenvalue weighted by Crippen LogP contribution is 2.42. The molecule has 2 N–H and O–H groups in total. The van der Waals surface area contributed by atoms with Gasteiger partial charge in [0.2, 0.25) is 0 Å². The van der Waals surface area contributed by atoms with Crippen LogP contribution in [0.3, 0.4) is 0 Å². The first-order valence-corrected chi connectivity index (χ1v) is 10.4. The number of ketones is 1. The van der Waals surface area contributed by atoms with Gasteiger partial charge in [-0.05, 0) is 66.4 Å². The van der Waals surface area contributed by atoms with Crippen LogP contribution in [0.4, 0.5) is 0 Å². The highest BCUT2D eigenvalue weighted by Gasteiger charge is 2.46. The van der Waals surface area contributed by atoms with Gasteiger partial charge in [0.15, 0.2) is 0 Å². The number of methoxy groups -OCH3 is 1. The number of aromatic hydroxyl groups is 1.